The number of anilines is 1. The fourth-order valence-electron chi connectivity index (χ4n) is 3.89. The van der Waals surface area contributed by atoms with Gasteiger partial charge in [0.05, 0.1) is 12.6 Å². The number of carbonyl (C=O) groups is 1. The predicted octanol–water partition coefficient (Wildman–Crippen LogP) is 4.43. The number of hydrogen-bond donors (Lipinski definition) is 1. The first kappa shape index (κ1) is 19.3. The summed E-state index contributed by atoms with van der Waals surface area (Å²) in [4.78, 5) is 14.7. The minimum atomic E-state index is -0.614. The van der Waals surface area contributed by atoms with Crippen molar-refractivity contribution in [2.45, 2.75) is 26.4 Å². The standard InChI is InChI=1S/C23H23F2N3O/c1-15-5-7-18(12-16(15)2)26-22(29)14-28-11-10-27-9-3-4-21(27)23(28)19-8-6-17(24)13-20(19)25/h3-9,12-13,23H,10-11,14H2,1-2H3,(H,26,29). The van der Waals surface area contributed by atoms with Crippen LogP contribution in [0.15, 0.2) is 54.7 Å². The average molecular weight is 395 g/mol. The Hall–Kier alpha value is -2.99. The largest absolute Gasteiger partial charge is 0.348 e. The zero-order valence-electron chi connectivity index (χ0n) is 16.5. The lowest BCUT2D eigenvalue weighted by molar-refractivity contribution is -0.118. The zero-order chi connectivity index (χ0) is 20.5. The number of rotatable bonds is 4. The smallest absolute Gasteiger partial charge is 0.238 e. The molecule has 4 nitrogen and oxygen atoms in total. The molecule has 2 aromatic carbocycles. The Morgan fingerprint density at radius 2 is 1.90 bits per heavy atom. The van der Waals surface area contributed by atoms with E-state index in [9.17, 15) is 13.6 Å². The number of amides is 1. The molecule has 0 aliphatic carbocycles. The van der Waals surface area contributed by atoms with E-state index in [0.29, 0.717) is 18.7 Å². The topological polar surface area (TPSA) is 37.3 Å². The Kier molecular flexibility index (Phi) is 5.20. The molecule has 0 fully saturated rings. The van der Waals surface area contributed by atoms with E-state index in [2.05, 4.69) is 5.32 Å². The molecule has 1 atom stereocenters. The monoisotopic (exact) mass is 395 g/mol. The molecule has 29 heavy (non-hydrogen) atoms. The molecule has 2 heterocycles. The van der Waals surface area contributed by atoms with Crippen LogP contribution in [-0.2, 0) is 11.3 Å². The van der Waals surface area contributed by atoms with Gasteiger partial charge in [-0.2, -0.15) is 0 Å². The van der Waals surface area contributed by atoms with Gasteiger partial charge in [-0.1, -0.05) is 12.1 Å². The van der Waals surface area contributed by atoms with Gasteiger partial charge in [0.2, 0.25) is 5.91 Å². The molecule has 0 radical (unpaired) electrons. The van der Waals surface area contributed by atoms with E-state index in [1.807, 2.05) is 59.8 Å². The lowest BCUT2D eigenvalue weighted by Crippen LogP contribution is -2.43. The Labute approximate surface area is 168 Å². The third-order valence-electron chi connectivity index (χ3n) is 5.53. The normalized spacial score (nSPS) is 16.5. The highest BCUT2D eigenvalue weighted by molar-refractivity contribution is 5.92. The fraction of sp³-hybridized carbons (Fsp3) is 0.261. The fourth-order valence-corrected chi connectivity index (χ4v) is 3.89. The summed E-state index contributed by atoms with van der Waals surface area (Å²) in [6.07, 6.45) is 1.94. The number of aromatic nitrogens is 1. The molecule has 1 aliphatic rings. The van der Waals surface area contributed by atoms with E-state index >= 15 is 0 Å². The number of aryl methyl sites for hydroxylation is 2. The van der Waals surface area contributed by atoms with Crippen LogP contribution < -0.4 is 5.32 Å². The van der Waals surface area contributed by atoms with Gasteiger partial charge in [-0.25, -0.2) is 8.78 Å². The summed E-state index contributed by atoms with van der Waals surface area (Å²) in [7, 11) is 0. The maximum atomic E-state index is 14.6. The van der Waals surface area contributed by atoms with Gasteiger partial charge in [-0.05, 0) is 55.3 Å². The first-order valence-corrected chi connectivity index (χ1v) is 9.63. The first-order valence-electron chi connectivity index (χ1n) is 9.63. The number of carbonyl (C=O) groups excluding carboxylic acids is 1. The van der Waals surface area contributed by atoms with Gasteiger partial charge in [0, 0.05) is 42.3 Å². The van der Waals surface area contributed by atoms with Gasteiger partial charge < -0.3 is 9.88 Å². The number of nitrogens with one attached hydrogen (secondary N) is 1. The van der Waals surface area contributed by atoms with Crippen molar-refractivity contribution in [1.29, 1.82) is 0 Å². The molecular weight excluding hydrogens is 372 g/mol. The molecular formula is C23H23F2N3O. The summed E-state index contributed by atoms with van der Waals surface area (Å²) >= 11 is 0. The van der Waals surface area contributed by atoms with Crippen molar-refractivity contribution in [3.63, 3.8) is 0 Å². The average Bonchev–Trinajstić information content (AvgIpc) is 3.14. The molecule has 0 spiro atoms. The van der Waals surface area contributed by atoms with E-state index in [0.717, 1.165) is 28.6 Å². The number of benzene rings is 2. The third-order valence-corrected chi connectivity index (χ3v) is 5.53. The van der Waals surface area contributed by atoms with Crippen LogP contribution in [0.4, 0.5) is 14.5 Å². The van der Waals surface area contributed by atoms with E-state index in [1.54, 1.807) is 0 Å². The Bertz CT molecular complexity index is 1060. The van der Waals surface area contributed by atoms with Crippen molar-refractivity contribution in [1.82, 2.24) is 9.47 Å². The van der Waals surface area contributed by atoms with Crippen molar-refractivity contribution in [3.05, 3.63) is 88.7 Å². The molecule has 1 aromatic heterocycles. The SMILES string of the molecule is Cc1ccc(NC(=O)CN2CCn3cccc3C2c2ccc(F)cc2F)cc1C. The van der Waals surface area contributed by atoms with Crippen molar-refractivity contribution in [2.24, 2.45) is 0 Å². The van der Waals surface area contributed by atoms with Crippen LogP contribution >= 0.6 is 0 Å². The van der Waals surface area contributed by atoms with E-state index in [-0.39, 0.29) is 12.5 Å². The van der Waals surface area contributed by atoms with Crippen molar-refractivity contribution >= 4 is 11.6 Å². The molecule has 1 unspecified atom stereocenters. The number of halogens is 2. The lowest BCUT2D eigenvalue weighted by Gasteiger charge is -2.37. The van der Waals surface area contributed by atoms with Crippen LogP contribution in [0.1, 0.15) is 28.4 Å². The molecule has 4 rings (SSSR count). The first-order chi connectivity index (χ1) is 13.9. The maximum Gasteiger partial charge on any atom is 0.238 e. The van der Waals surface area contributed by atoms with Crippen molar-refractivity contribution < 1.29 is 13.6 Å². The maximum absolute atomic E-state index is 14.6. The summed E-state index contributed by atoms with van der Waals surface area (Å²) in [6.45, 7) is 5.42. The molecule has 0 saturated heterocycles. The second-order valence-corrected chi connectivity index (χ2v) is 7.51. The highest BCUT2D eigenvalue weighted by Crippen LogP contribution is 2.34. The Morgan fingerprint density at radius 1 is 1.07 bits per heavy atom. The number of hydrogen-bond acceptors (Lipinski definition) is 2. The van der Waals surface area contributed by atoms with Gasteiger partial charge in [-0.3, -0.25) is 9.69 Å². The Balaban J connectivity index is 1.59. The molecule has 0 bridgehead atoms. The lowest BCUT2D eigenvalue weighted by atomic mass is 9.99. The van der Waals surface area contributed by atoms with Crippen LogP contribution in [0, 0.1) is 25.5 Å². The van der Waals surface area contributed by atoms with Crippen LogP contribution in [0.5, 0.6) is 0 Å². The third kappa shape index (κ3) is 3.93. The van der Waals surface area contributed by atoms with Crippen LogP contribution in [0.25, 0.3) is 0 Å². The minimum absolute atomic E-state index is 0.111. The van der Waals surface area contributed by atoms with Gasteiger partial charge in [0.15, 0.2) is 0 Å². The predicted molar refractivity (Wildman–Crippen MR) is 109 cm³/mol. The van der Waals surface area contributed by atoms with Gasteiger partial charge in [0.1, 0.15) is 11.6 Å². The highest BCUT2D eigenvalue weighted by atomic mass is 19.1. The van der Waals surface area contributed by atoms with Gasteiger partial charge >= 0.3 is 0 Å². The highest BCUT2D eigenvalue weighted by Gasteiger charge is 2.32. The summed E-state index contributed by atoms with van der Waals surface area (Å²) in [6, 6.07) is 12.8. The van der Waals surface area contributed by atoms with Crippen LogP contribution in [0.3, 0.4) is 0 Å². The van der Waals surface area contributed by atoms with Crippen LogP contribution in [-0.4, -0.2) is 28.5 Å². The summed E-state index contributed by atoms with van der Waals surface area (Å²) in [5, 5.41) is 2.93. The summed E-state index contributed by atoms with van der Waals surface area (Å²) in [5.74, 6) is -1.39. The van der Waals surface area contributed by atoms with Crippen molar-refractivity contribution in [2.75, 3.05) is 18.4 Å². The zero-order valence-corrected chi connectivity index (χ0v) is 16.5. The summed E-state index contributed by atoms with van der Waals surface area (Å²) < 4.78 is 30.1. The number of fused-ring (bicyclic) bond motifs is 1. The van der Waals surface area contributed by atoms with E-state index in [4.69, 9.17) is 0 Å². The second-order valence-electron chi connectivity index (χ2n) is 7.51. The summed E-state index contributed by atoms with van der Waals surface area (Å²) in [5.41, 5.74) is 4.25. The van der Waals surface area contributed by atoms with E-state index < -0.39 is 17.7 Å². The molecule has 0 saturated carbocycles. The Morgan fingerprint density at radius 3 is 2.66 bits per heavy atom. The second kappa shape index (κ2) is 7.79. The van der Waals surface area contributed by atoms with Gasteiger partial charge in [0.25, 0.3) is 0 Å². The minimum Gasteiger partial charge on any atom is -0.348 e. The molecule has 150 valence electrons. The molecule has 1 N–H and O–H groups in total. The molecule has 3 aromatic rings. The van der Waals surface area contributed by atoms with Crippen LogP contribution in [0.2, 0.25) is 0 Å². The molecule has 6 heteroatoms. The van der Waals surface area contributed by atoms with Crippen molar-refractivity contribution in [3.8, 4) is 0 Å². The number of nitrogens with zero attached hydrogens (tertiary/aromatic N) is 2. The quantitative estimate of drug-likeness (QED) is 0.710. The molecule has 1 aliphatic heterocycles. The van der Waals surface area contributed by atoms with Gasteiger partial charge in [-0.15, -0.1) is 0 Å². The van der Waals surface area contributed by atoms with E-state index in [1.165, 1.54) is 12.1 Å². The molecule has 1 amide bonds.